The van der Waals surface area contributed by atoms with Crippen LogP contribution in [0.4, 0.5) is 4.39 Å². The van der Waals surface area contributed by atoms with Crippen LogP contribution in [-0.4, -0.2) is 5.78 Å². The maximum Gasteiger partial charge on any atom is 0.167 e. The molecule has 1 nitrogen and oxygen atoms in total. The summed E-state index contributed by atoms with van der Waals surface area (Å²) in [6, 6.07) is 21.0. The molecule has 0 fully saturated rings. The van der Waals surface area contributed by atoms with E-state index in [1.807, 2.05) is 24.3 Å². The summed E-state index contributed by atoms with van der Waals surface area (Å²) >= 11 is 12.0. The quantitative estimate of drug-likeness (QED) is 0.415. The maximum absolute atomic E-state index is 13.4. The van der Waals surface area contributed by atoms with Gasteiger partial charge in [-0.3, -0.25) is 4.79 Å². The summed E-state index contributed by atoms with van der Waals surface area (Å²) in [5.41, 5.74) is 3.70. The first-order valence-corrected chi connectivity index (χ1v) is 9.79. The first-order valence-electron chi connectivity index (χ1n) is 9.03. The van der Waals surface area contributed by atoms with Crippen LogP contribution >= 0.6 is 23.2 Å². The van der Waals surface area contributed by atoms with Crippen LogP contribution in [0.5, 0.6) is 0 Å². The molecule has 0 saturated heterocycles. The van der Waals surface area contributed by atoms with Crippen LogP contribution in [-0.2, 0) is 0 Å². The lowest BCUT2D eigenvalue weighted by Gasteiger charge is -2.19. The van der Waals surface area contributed by atoms with Gasteiger partial charge >= 0.3 is 0 Å². The highest BCUT2D eigenvalue weighted by Gasteiger charge is 2.35. The van der Waals surface area contributed by atoms with E-state index in [1.165, 1.54) is 12.1 Å². The van der Waals surface area contributed by atoms with Crippen molar-refractivity contribution in [3.63, 3.8) is 0 Å². The Labute approximate surface area is 173 Å². The van der Waals surface area contributed by atoms with Gasteiger partial charge in [0.2, 0.25) is 0 Å². The number of allylic oxidation sites excluding steroid dienone is 2. The number of halogens is 3. The van der Waals surface area contributed by atoms with E-state index in [0.29, 0.717) is 22.0 Å². The SMILES string of the molecule is O=C(c1ccc(Cl)cc1)[C@H]1CC(c2ccc(Cl)cc2)=C[C@@H]1c1ccc(F)cc1. The second-order valence-electron chi connectivity index (χ2n) is 6.96. The average Bonchev–Trinajstić information content (AvgIpc) is 3.14. The van der Waals surface area contributed by atoms with Gasteiger partial charge in [-0.2, -0.15) is 0 Å². The third-order valence-corrected chi connectivity index (χ3v) is 5.69. The first-order chi connectivity index (χ1) is 13.5. The van der Waals surface area contributed by atoms with Crippen molar-refractivity contribution in [2.45, 2.75) is 12.3 Å². The molecule has 0 unspecified atom stereocenters. The number of Topliss-reactive ketones (excluding diaryl/α,β-unsaturated/α-hetero) is 1. The fourth-order valence-corrected chi connectivity index (χ4v) is 3.99. The largest absolute Gasteiger partial charge is 0.294 e. The Morgan fingerprint density at radius 3 is 2.00 bits per heavy atom. The van der Waals surface area contributed by atoms with Crippen LogP contribution in [0.2, 0.25) is 10.0 Å². The first kappa shape index (κ1) is 18.9. The van der Waals surface area contributed by atoms with E-state index >= 15 is 0 Å². The van der Waals surface area contributed by atoms with Crippen molar-refractivity contribution in [3.05, 3.63) is 111 Å². The van der Waals surface area contributed by atoms with E-state index < -0.39 is 0 Å². The van der Waals surface area contributed by atoms with Crippen molar-refractivity contribution >= 4 is 34.6 Å². The molecule has 0 spiro atoms. The minimum absolute atomic E-state index is 0.0613. The Hall–Kier alpha value is -2.42. The predicted molar refractivity (Wildman–Crippen MR) is 112 cm³/mol. The predicted octanol–water partition coefficient (Wildman–Crippen LogP) is 7.20. The number of ketones is 1. The molecule has 140 valence electrons. The van der Waals surface area contributed by atoms with Gasteiger partial charge in [-0.05, 0) is 71.7 Å². The summed E-state index contributed by atoms with van der Waals surface area (Å²) in [6.45, 7) is 0. The smallest absolute Gasteiger partial charge is 0.167 e. The summed E-state index contributed by atoms with van der Waals surface area (Å²) in [4.78, 5) is 13.3. The molecule has 28 heavy (non-hydrogen) atoms. The van der Waals surface area contributed by atoms with Gasteiger partial charge in [-0.15, -0.1) is 0 Å². The Bertz CT molecular complexity index is 1020. The van der Waals surface area contributed by atoms with Gasteiger partial charge in [0.25, 0.3) is 0 Å². The minimum Gasteiger partial charge on any atom is -0.294 e. The van der Waals surface area contributed by atoms with Crippen LogP contribution in [0.15, 0.2) is 78.9 Å². The van der Waals surface area contributed by atoms with Crippen molar-refractivity contribution in [1.82, 2.24) is 0 Å². The zero-order valence-electron chi connectivity index (χ0n) is 14.9. The lowest BCUT2D eigenvalue weighted by molar-refractivity contribution is 0.0917. The van der Waals surface area contributed by atoms with Gasteiger partial charge in [0.15, 0.2) is 5.78 Å². The lowest BCUT2D eigenvalue weighted by atomic mass is 9.83. The summed E-state index contributed by atoms with van der Waals surface area (Å²) in [5.74, 6) is -0.595. The molecule has 0 saturated carbocycles. The molecule has 2 atom stereocenters. The second-order valence-corrected chi connectivity index (χ2v) is 7.83. The van der Waals surface area contributed by atoms with Crippen LogP contribution in [0.3, 0.4) is 0 Å². The fraction of sp³-hybridized carbons (Fsp3) is 0.125. The Kier molecular flexibility index (Phi) is 5.34. The monoisotopic (exact) mass is 410 g/mol. The van der Waals surface area contributed by atoms with E-state index in [-0.39, 0.29) is 23.4 Å². The molecule has 4 heteroatoms. The van der Waals surface area contributed by atoms with E-state index in [9.17, 15) is 9.18 Å². The molecule has 0 bridgehead atoms. The number of rotatable bonds is 4. The number of carbonyl (C=O) groups is 1. The summed E-state index contributed by atoms with van der Waals surface area (Å²) in [5, 5.41) is 1.27. The number of hydrogen-bond acceptors (Lipinski definition) is 1. The van der Waals surface area contributed by atoms with Crippen molar-refractivity contribution in [2.24, 2.45) is 5.92 Å². The lowest BCUT2D eigenvalue weighted by Crippen LogP contribution is -2.18. The van der Waals surface area contributed by atoms with Gasteiger partial charge in [0, 0.05) is 27.4 Å². The standard InChI is InChI=1S/C24H17Cl2FO/c25-19-7-1-15(2-8-19)18-13-22(16-5-11-21(27)12-6-16)23(14-18)24(28)17-3-9-20(26)10-4-17/h1-13,22-23H,14H2/t22-,23+/m1/s1. The van der Waals surface area contributed by atoms with Crippen LogP contribution in [0.25, 0.3) is 5.57 Å². The Morgan fingerprint density at radius 2 is 1.39 bits per heavy atom. The highest BCUT2D eigenvalue weighted by atomic mass is 35.5. The minimum atomic E-state index is -0.288. The molecular weight excluding hydrogens is 394 g/mol. The van der Waals surface area contributed by atoms with Crippen LogP contribution in [0, 0.1) is 11.7 Å². The molecule has 3 aromatic rings. The Morgan fingerprint density at radius 1 is 0.821 bits per heavy atom. The molecule has 0 heterocycles. The summed E-state index contributed by atoms with van der Waals surface area (Å²) in [6.07, 6.45) is 2.74. The normalized spacial score (nSPS) is 18.8. The number of benzene rings is 3. The van der Waals surface area contributed by atoms with Gasteiger partial charge in [0.05, 0.1) is 0 Å². The van der Waals surface area contributed by atoms with Crippen molar-refractivity contribution < 1.29 is 9.18 Å². The highest BCUT2D eigenvalue weighted by Crippen LogP contribution is 2.44. The van der Waals surface area contributed by atoms with Crippen molar-refractivity contribution in [3.8, 4) is 0 Å². The topological polar surface area (TPSA) is 17.1 Å². The third-order valence-electron chi connectivity index (χ3n) is 5.19. The van der Waals surface area contributed by atoms with Crippen LogP contribution < -0.4 is 0 Å². The summed E-state index contributed by atoms with van der Waals surface area (Å²) in [7, 11) is 0. The third kappa shape index (κ3) is 3.89. The van der Waals surface area contributed by atoms with E-state index in [4.69, 9.17) is 23.2 Å². The van der Waals surface area contributed by atoms with Crippen molar-refractivity contribution in [2.75, 3.05) is 0 Å². The Balaban J connectivity index is 1.71. The molecule has 1 aliphatic carbocycles. The van der Waals surface area contributed by atoms with E-state index in [2.05, 4.69) is 6.08 Å². The second kappa shape index (κ2) is 7.90. The van der Waals surface area contributed by atoms with E-state index in [1.54, 1.807) is 36.4 Å². The summed E-state index contributed by atoms with van der Waals surface area (Å²) < 4.78 is 13.4. The zero-order chi connectivity index (χ0) is 19.7. The highest BCUT2D eigenvalue weighted by molar-refractivity contribution is 6.31. The van der Waals surface area contributed by atoms with Gasteiger partial charge in [-0.1, -0.05) is 53.5 Å². The molecule has 0 aliphatic heterocycles. The molecule has 4 rings (SSSR count). The fourth-order valence-electron chi connectivity index (χ4n) is 3.74. The molecule has 1 aliphatic rings. The number of hydrogen-bond donors (Lipinski definition) is 0. The van der Waals surface area contributed by atoms with Gasteiger partial charge in [-0.25, -0.2) is 4.39 Å². The van der Waals surface area contributed by atoms with E-state index in [0.717, 1.165) is 16.7 Å². The van der Waals surface area contributed by atoms with Crippen LogP contribution in [0.1, 0.15) is 33.8 Å². The molecule has 0 N–H and O–H groups in total. The number of carbonyl (C=O) groups excluding carboxylic acids is 1. The zero-order valence-corrected chi connectivity index (χ0v) is 16.4. The average molecular weight is 411 g/mol. The van der Waals surface area contributed by atoms with Gasteiger partial charge in [0.1, 0.15) is 5.82 Å². The molecule has 0 aromatic heterocycles. The van der Waals surface area contributed by atoms with Gasteiger partial charge < -0.3 is 0 Å². The molecular formula is C24H17Cl2FO. The molecule has 3 aromatic carbocycles. The van der Waals surface area contributed by atoms with Crippen molar-refractivity contribution in [1.29, 1.82) is 0 Å². The molecule has 0 amide bonds. The maximum atomic E-state index is 13.4. The molecule has 0 radical (unpaired) electrons.